The summed E-state index contributed by atoms with van der Waals surface area (Å²) in [5, 5.41) is 14.5. The van der Waals surface area contributed by atoms with Gasteiger partial charge in [-0.05, 0) is 49.4 Å². The van der Waals surface area contributed by atoms with Crippen LogP contribution in [0.5, 0.6) is 17.6 Å². The molecule has 6 heterocycles. The number of ether oxygens (including phenoxy) is 2. The smallest absolute Gasteiger partial charge is 0.427 e. The highest BCUT2D eigenvalue weighted by Crippen LogP contribution is 2.46. The number of halogens is 5. The van der Waals surface area contributed by atoms with E-state index >= 15 is 4.39 Å². The number of nitrogens with one attached hydrogen (secondary N) is 1. The molecule has 256 valence electrons. The number of piperazine rings is 1. The largest absolute Gasteiger partial charge is 0.508 e. The molecule has 5 atom stereocenters. The third kappa shape index (κ3) is 5.17. The summed E-state index contributed by atoms with van der Waals surface area (Å²) >= 11 is 0. The fourth-order valence-electron chi connectivity index (χ4n) is 8.11. The zero-order valence-electron chi connectivity index (χ0n) is 26.5. The molecule has 4 aliphatic rings. The van der Waals surface area contributed by atoms with Gasteiger partial charge in [0.15, 0.2) is 5.82 Å². The molecule has 0 bridgehead atoms. The van der Waals surface area contributed by atoms with E-state index in [0.29, 0.717) is 29.2 Å². The molecule has 2 N–H and O–H groups in total. The van der Waals surface area contributed by atoms with Gasteiger partial charge in [0, 0.05) is 48.6 Å². The van der Waals surface area contributed by atoms with E-state index in [1.807, 2.05) is 11.8 Å². The minimum Gasteiger partial charge on any atom is -0.508 e. The van der Waals surface area contributed by atoms with Gasteiger partial charge >= 0.3 is 12.2 Å². The molecule has 14 heteroatoms. The van der Waals surface area contributed by atoms with Gasteiger partial charge in [0.25, 0.3) is 0 Å². The van der Waals surface area contributed by atoms with Crippen LogP contribution in [0.1, 0.15) is 38.2 Å². The number of pyridine rings is 1. The van der Waals surface area contributed by atoms with Crippen molar-refractivity contribution < 1.29 is 36.5 Å². The number of terminal acetylenes is 1. The Morgan fingerprint density at radius 3 is 2.80 bits per heavy atom. The third-order valence-corrected chi connectivity index (χ3v) is 10.4. The molecule has 0 saturated carbocycles. The first-order valence-electron chi connectivity index (χ1n) is 16.4. The van der Waals surface area contributed by atoms with Crippen molar-refractivity contribution in [3.8, 4) is 41.2 Å². The zero-order chi connectivity index (χ0) is 34.2. The first-order chi connectivity index (χ1) is 23.5. The Balaban J connectivity index is 1.37. The highest BCUT2D eigenvalue weighted by molar-refractivity contribution is 6.04. The van der Waals surface area contributed by atoms with Crippen LogP contribution in [0.25, 0.3) is 32.9 Å². The van der Waals surface area contributed by atoms with Crippen LogP contribution in [0.3, 0.4) is 0 Å². The number of phenols is 1. The zero-order valence-corrected chi connectivity index (χ0v) is 26.5. The summed E-state index contributed by atoms with van der Waals surface area (Å²) in [7, 11) is 0. The number of benzene rings is 2. The first kappa shape index (κ1) is 31.8. The van der Waals surface area contributed by atoms with E-state index in [1.165, 1.54) is 17.0 Å². The second-order valence-electron chi connectivity index (χ2n) is 13.4. The number of rotatable bonds is 5. The van der Waals surface area contributed by atoms with E-state index in [1.54, 1.807) is 18.2 Å². The van der Waals surface area contributed by atoms with Gasteiger partial charge in [0.2, 0.25) is 12.0 Å². The van der Waals surface area contributed by atoms with Crippen molar-refractivity contribution in [2.45, 2.75) is 68.7 Å². The molecule has 0 amide bonds. The molecule has 9 nitrogen and oxygen atoms in total. The fourth-order valence-corrected chi connectivity index (χ4v) is 8.11. The first-order valence-corrected chi connectivity index (χ1v) is 16.4. The van der Waals surface area contributed by atoms with E-state index in [2.05, 4.69) is 26.2 Å². The number of aromatic hydroxyl groups is 1. The highest BCUT2D eigenvalue weighted by Gasteiger charge is 2.54. The van der Waals surface area contributed by atoms with Gasteiger partial charge in [-0.3, -0.25) is 4.90 Å². The number of phenolic OH excluding ortho intramolecular Hbond substituents is 1. The van der Waals surface area contributed by atoms with Gasteiger partial charge in [-0.15, -0.1) is 6.42 Å². The van der Waals surface area contributed by atoms with Crippen molar-refractivity contribution in [1.29, 1.82) is 0 Å². The van der Waals surface area contributed by atoms with Crippen LogP contribution in [0.2, 0.25) is 0 Å². The van der Waals surface area contributed by atoms with Gasteiger partial charge in [-0.2, -0.15) is 23.1 Å². The van der Waals surface area contributed by atoms with Crippen LogP contribution in [-0.4, -0.2) is 93.8 Å². The topological polar surface area (TPSA) is 95.9 Å². The summed E-state index contributed by atoms with van der Waals surface area (Å²) < 4.78 is 88.0. The van der Waals surface area contributed by atoms with Crippen LogP contribution in [0.4, 0.5) is 27.8 Å². The standard InChI is InChI=1S/C35H33F5N6O3/c1-3-18-7-5-8-19-11-22(47)12-23(25(18)19)28-27(37)29-26-31(44-33(43-29)48-17-34-9-6-10-45(34)15-20(36)13-34)46-16-21(4-2)41-14-24(46)30(35(38,39)40)49-32(26)42-28/h1,5,7-8,11-12,20-21,24,30,41,47H,4,6,9-10,13-17H2,2H3/t20-,21-,24+,30?,34+/m1/s1. The van der Waals surface area contributed by atoms with Gasteiger partial charge < -0.3 is 24.8 Å². The average molecular weight is 681 g/mol. The predicted octanol–water partition coefficient (Wildman–Crippen LogP) is 5.51. The number of nitrogens with zero attached hydrogens (tertiary/aromatic N) is 5. The number of aromatic nitrogens is 3. The predicted molar refractivity (Wildman–Crippen MR) is 172 cm³/mol. The van der Waals surface area contributed by atoms with Crippen LogP contribution >= 0.6 is 0 Å². The number of anilines is 1. The Bertz CT molecular complexity index is 2020. The Morgan fingerprint density at radius 1 is 1.18 bits per heavy atom. The molecule has 4 aliphatic heterocycles. The Hall–Kier alpha value is -4.48. The fraction of sp³-hybridized carbons (Fsp3) is 0.457. The van der Waals surface area contributed by atoms with Crippen molar-refractivity contribution in [3.63, 3.8) is 0 Å². The maximum Gasteiger partial charge on any atom is 0.427 e. The molecule has 49 heavy (non-hydrogen) atoms. The van der Waals surface area contributed by atoms with Crippen LogP contribution in [-0.2, 0) is 0 Å². The molecule has 2 aromatic heterocycles. The van der Waals surface area contributed by atoms with E-state index in [9.17, 15) is 22.7 Å². The quantitative estimate of drug-likeness (QED) is 0.209. The van der Waals surface area contributed by atoms with Crippen LogP contribution in [0, 0.1) is 18.2 Å². The van der Waals surface area contributed by atoms with Gasteiger partial charge in [-0.1, -0.05) is 25.0 Å². The number of fused-ring (bicyclic) bond motifs is 4. The Morgan fingerprint density at radius 2 is 2.02 bits per heavy atom. The van der Waals surface area contributed by atoms with E-state index in [4.69, 9.17) is 15.9 Å². The summed E-state index contributed by atoms with van der Waals surface area (Å²) in [5.41, 5.74) is -0.954. The average Bonchev–Trinajstić information content (AvgIpc) is 3.56. The lowest BCUT2D eigenvalue weighted by molar-refractivity contribution is -0.201. The second-order valence-corrected chi connectivity index (χ2v) is 13.4. The lowest BCUT2D eigenvalue weighted by atomic mass is 9.95. The van der Waals surface area contributed by atoms with Crippen molar-refractivity contribution in [3.05, 3.63) is 41.7 Å². The highest BCUT2D eigenvalue weighted by atomic mass is 19.4. The van der Waals surface area contributed by atoms with Crippen LogP contribution < -0.4 is 19.7 Å². The van der Waals surface area contributed by atoms with Crippen molar-refractivity contribution in [1.82, 2.24) is 25.2 Å². The molecule has 0 aliphatic carbocycles. The molecule has 3 fully saturated rings. The number of alkyl halides is 4. The van der Waals surface area contributed by atoms with Crippen LogP contribution in [0.15, 0.2) is 30.3 Å². The Kier molecular flexibility index (Phi) is 7.49. The maximum absolute atomic E-state index is 17.1. The summed E-state index contributed by atoms with van der Waals surface area (Å²) in [6.07, 6.45) is 0.00190. The summed E-state index contributed by atoms with van der Waals surface area (Å²) in [4.78, 5) is 17.0. The summed E-state index contributed by atoms with van der Waals surface area (Å²) in [6.45, 7) is 2.97. The lowest BCUT2D eigenvalue weighted by Crippen LogP contribution is -2.64. The number of hydrogen-bond donors (Lipinski definition) is 2. The molecule has 0 radical (unpaired) electrons. The summed E-state index contributed by atoms with van der Waals surface area (Å²) in [5.74, 6) is 0.835. The summed E-state index contributed by atoms with van der Waals surface area (Å²) in [6, 6.07) is 5.95. The normalized spacial score (nSPS) is 26.7. The lowest BCUT2D eigenvalue weighted by Gasteiger charge is -2.42. The van der Waals surface area contributed by atoms with Crippen molar-refractivity contribution in [2.24, 2.45) is 0 Å². The van der Waals surface area contributed by atoms with Crippen molar-refractivity contribution >= 4 is 27.5 Å². The third-order valence-electron chi connectivity index (χ3n) is 10.4. The minimum atomic E-state index is -4.84. The van der Waals surface area contributed by atoms with E-state index in [-0.39, 0.29) is 72.7 Å². The van der Waals surface area contributed by atoms with E-state index in [0.717, 1.165) is 13.0 Å². The van der Waals surface area contributed by atoms with Gasteiger partial charge in [0.1, 0.15) is 40.9 Å². The molecule has 4 aromatic rings. The van der Waals surface area contributed by atoms with Crippen molar-refractivity contribution in [2.75, 3.05) is 37.7 Å². The molecular weight excluding hydrogens is 647 g/mol. The van der Waals surface area contributed by atoms with Gasteiger partial charge in [0.05, 0.1) is 11.6 Å². The minimum absolute atomic E-state index is 0.00491. The molecule has 8 rings (SSSR count). The van der Waals surface area contributed by atoms with Gasteiger partial charge in [-0.25, -0.2) is 13.8 Å². The molecule has 2 aromatic carbocycles. The molecule has 3 saturated heterocycles. The molecular formula is C35H33F5N6O3. The molecule has 1 unspecified atom stereocenters. The number of hydrogen-bond acceptors (Lipinski definition) is 9. The Labute approximate surface area is 278 Å². The monoisotopic (exact) mass is 680 g/mol. The molecule has 0 spiro atoms. The second kappa shape index (κ2) is 11.6. The SMILES string of the molecule is C#Cc1cccc2cc(O)cc(-c3nc4c5c(nc(OC[C@@]67CCCN6C[C@H](F)C7)nc5c3F)N3C[C@@H](CC)NC[C@H]3C(C(F)(F)F)O4)c12. The maximum atomic E-state index is 17.1. The van der Waals surface area contributed by atoms with E-state index < -0.39 is 47.4 Å².